The SMILES string of the molecule is C/C=C(\Cl)[C@@H](O[Si](C)(C)C(C)(C)C)[C@@H](C)/C=C(\C)CO. The van der Waals surface area contributed by atoms with Crippen LogP contribution in [0, 0.1) is 5.92 Å². The van der Waals surface area contributed by atoms with Gasteiger partial charge in [-0.25, -0.2) is 0 Å². The normalized spacial score (nSPS) is 18.1. The molecule has 0 fully saturated rings. The second kappa shape index (κ2) is 7.78. The second-order valence-electron chi connectivity index (χ2n) is 7.00. The molecule has 0 aromatic heterocycles. The Labute approximate surface area is 131 Å². The van der Waals surface area contributed by atoms with Crippen LogP contribution in [-0.2, 0) is 4.43 Å². The standard InChI is InChI=1S/C16H31ClO2Si/c1-9-14(17)15(13(3)10-12(2)11-18)19-20(7,8)16(4,5)6/h9-10,13,15,18H,11H2,1-8H3/b12-10+,14-9-/t13-,15-/m0/s1. The van der Waals surface area contributed by atoms with E-state index in [1.165, 1.54) is 0 Å². The molecular weight excluding hydrogens is 288 g/mol. The molecule has 0 aliphatic rings. The van der Waals surface area contributed by atoms with Gasteiger partial charge < -0.3 is 9.53 Å². The molecule has 0 heterocycles. The molecule has 20 heavy (non-hydrogen) atoms. The van der Waals surface area contributed by atoms with E-state index in [1.54, 1.807) is 0 Å². The monoisotopic (exact) mass is 318 g/mol. The van der Waals surface area contributed by atoms with Gasteiger partial charge in [0.25, 0.3) is 0 Å². The molecule has 1 N–H and O–H groups in total. The van der Waals surface area contributed by atoms with Crippen LogP contribution in [0.25, 0.3) is 0 Å². The fourth-order valence-corrected chi connectivity index (χ4v) is 3.31. The summed E-state index contributed by atoms with van der Waals surface area (Å²) in [5.74, 6) is 0.139. The zero-order valence-corrected chi connectivity index (χ0v) is 16.0. The zero-order valence-electron chi connectivity index (χ0n) is 14.2. The minimum atomic E-state index is -1.89. The summed E-state index contributed by atoms with van der Waals surface area (Å²) in [6, 6.07) is 0. The van der Waals surface area contributed by atoms with Crippen LogP contribution in [0.1, 0.15) is 41.5 Å². The van der Waals surface area contributed by atoms with E-state index in [-0.39, 0.29) is 23.7 Å². The minimum absolute atomic E-state index is 0.0740. The van der Waals surface area contributed by atoms with Gasteiger partial charge in [0.1, 0.15) is 0 Å². The highest BCUT2D eigenvalue weighted by molar-refractivity contribution is 6.74. The molecule has 2 nitrogen and oxygen atoms in total. The maximum atomic E-state index is 9.18. The van der Waals surface area contributed by atoms with E-state index in [2.05, 4.69) is 40.8 Å². The van der Waals surface area contributed by atoms with Crippen molar-refractivity contribution in [3.8, 4) is 0 Å². The van der Waals surface area contributed by atoms with E-state index in [0.29, 0.717) is 0 Å². The molecule has 0 aliphatic heterocycles. The maximum Gasteiger partial charge on any atom is 0.192 e. The number of aliphatic hydroxyl groups is 1. The van der Waals surface area contributed by atoms with Crippen LogP contribution in [0.4, 0.5) is 0 Å². The Bertz CT molecular complexity index is 367. The third-order valence-electron chi connectivity index (χ3n) is 4.05. The van der Waals surface area contributed by atoms with E-state index in [4.69, 9.17) is 16.0 Å². The van der Waals surface area contributed by atoms with Gasteiger partial charge in [0.05, 0.1) is 12.7 Å². The van der Waals surface area contributed by atoms with Gasteiger partial charge in [-0.2, -0.15) is 0 Å². The highest BCUT2D eigenvalue weighted by atomic mass is 35.5. The Kier molecular flexibility index (Phi) is 7.75. The fraction of sp³-hybridized carbons (Fsp3) is 0.750. The third-order valence-corrected chi connectivity index (χ3v) is 8.94. The summed E-state index contributed by atoms with van der Waals surface area (Å²) in [5.41, 5.74) is 0.946. The third kappa shape index (κ3) is 5.72. The van der Waals surface area contributed by atoms with Crippen molar-refractivity contribution < 1.29 is 9.53 Å². The van der Waals surface area contributed by atoms with Crippen molar-refractivity contribution in [2.45, 2.75) is 65.8 Å². The fourth-order valence-electron chi connectivity index (χ4n) is 1.66. The number of hydrogen-bond acceptors (Lipinski definition) is 2. The summed E-state index contributed by atoms with van der Waals surface area (Å²) < 4.78 is 6.47. The second-order valence-corrected chi connectivity index (χ2v) is 12.2. The molecule has 0 radical (unpaired) electrons. The van der Waals surface area contributed by atoms with E-state index >= 15 is 0 Å². The summed E-state index contributed by atoms with van der Waals surface area (Å²) in [7, 11) is -1.89. The van der Waals surface area contributed by atoms with Gasteiger partial charge in [-0.1, -0.05) is 57.0 Å². The molecule has 0 aromatic carbocycles. The largest absolute Gasteiger partial charge is 0.408 e. The predicted molar refractivity (Wildman–Crippen MR) is 91.7 cm³/mol. The number of hydrogen-bond donors (Lipinski definition) is 1. The highest BCUT2D eigenvalue weighted by Gasteiger charge is 2.40. The van der Waals surface area contributed by atoms with Crippen LogP contribution in [0.2, 0.25) is 18.1 Å². The average Bonchev–Trinajstić information content (AvgIpc) is 2.33. The summed E-state index contributed by atoms with van der Waals surface area (Å²) in [6.07, 6.45) is 3.81. The molecule has 0 unspecified atom stereocenters. The maximum absolute atomic E-state index is 9.18. The van der Waals surface area contributed by atoms with Gasteiger partial charge in [-0.05, 0) is 32.0 Å². The first-order valence-electron chi connectivity index (χ1n) is 7.24. The zero-order chi connectivity index (χ0) is 16.1. The van der Waals surface area contributed by atoms with Crippen molar-refractivity contribution in [1.29, 1.82) is 0 Å². The number of rotatable bonds is 6. The van der Waals surface area contributed by atoms with E-state index in [0.717, 1.165) is 10.6 Å². The number of halogens is 1. The molecule has 0 rings (SSSR count). The summed E-state index contributed by atoms with van der Waals surface area (Å²) in [4.78, 5) is 0. The first-order valence-corrected chi connectivity index (χ1v) is 10.5. The molecule has 0 spiro atoms. The molecule has 0 bridgehead atoms. The van der Waals surface area contributed by atoms with Crippen molar-refractivity contribution in [1.82, 2.24) is 0 Å². The quantitative estimate of drug-likeness (QED) is 0.545. The molecular formula is C16H31ClO2Si. The topological polar surface area (TPSA) is 29.5 Å². The van der Waals surface area contributed by atoms with Crippen LogP contribution in [-0.4, -0.2) is 26.1 Å². The highest BCUT2D eigenvalue weighted by Crippen LogP contribution is 2.39. The first kappa shape index (κ1) is 19.9. The summed E-state index contributed by atoms with van der Waals surface area (Å²) >= 11 is 6.38. The Morgan fingerprint density at radius 2 is 1.85 bits per heavy atom. The molecule has 0 amide bonds. The van der Waals surface area contributed by atoms with E-state index in [9.17, 15) is 5.11 Å². The van der Waals surface area contributed by atoms with Crippen LogP contribution >= 0.6 is 11.6 Å². The van der Waals surface area contributed by atoms with Crippen molar-refractivity contribution >= 4 is 19.9 Å². The number of aliphatic hydroxyl groups excluding tert-OH is 1. The van der Waals surface area contributed by atoms with Gasteiger partial charge in [0.15, 0.2) is 8.32 Å². The van der Waals surface area contributed by atoms with E-state index < -0.39 is 8.32 Å². The lowest BCUT2D eigenvalue weighted by atomic mass is 10.0. The van der Waals surface area contributed by atoms with E-state index in [1.807, 2.05) is 26.0 Å². The molecule has 118 valence electrons. The van der Waals surface area contributed by atoms with Gasteiger partial charge in [0, 0.05) is 11.0 Å². The Morgan fingerprint density at radius 3 is 2.20 bits per heavy atom. The molecule has 0 saturated carbocycles. The Balaban J connectivity index is 5.31. The van der Waals surface area contributed by atoms with Crippen molar-refractivity contribution in [2.24, 2.45) is 5.92 Å². The molecule has 0 aromatic rings. The molecule has 2 atom stereocenters. The molecule has 0 aliphatic carbocycles. The lowest BCUT2D eigenvalue weighted by Crippen LogP contribution is -2.45. The Morgan fingerprint density at radius 1 is 1.35 bits per heavy atom. The van der Waals surface area contributed by atoms with Crippen molar-refractivity contribution in [3.05, 3.63) is 22.8 Å². The summed E-state index contributed by atoms with van der Waals surface area (Å²) in [6.45, 7) is 17.1. The summed E-state index contributed by atoms with van der Waals surface area (Å²) in [5, 5.41) is 10.1. The van der Waals surface area contributed by atoms with Crippen molar-refractivity contribution in [2.75, 3.05) is 6.61 Å². The lowest BCUT2D eigenvalue weighted by Gasteiger charge is -2.40. The molecule has 4 heteroatoms. The van der Waals surface area contributed by atoms with Crippen LogP contribution < -0.4 is 0 Å². The van der Waals surface area contributed by atoms with Crippen LogP contribution in [0.5, 0.6) is 0 Å². The smallest absolute Gasteiger partial charge is 0.192 e. The van der Waals surface area contributed by atoms with Gasteiger partial charge >= 0.3 is 0 Å². The molecule has 0 saturated heterocycles. The minimum Gasteiger partial charge on any atom is -0.408 e. The first-order chi connectivity index (χ1) is 8.96. The van der Waals surface area contributed by atoms with Gasteiger partial charge in [0.2, 0.25) is 0 Å². The van der Waals surface area contributed by atoms with Crippen LogP contribution in [0.15, 0.2) is 22.8 Å². The van der Waals surface area contributed by atoms with Gasteiger partial charge in [-0.15, -0.1) is 0 Å². The van der Waals surface area contributed by atoms with Crippen LogP contribution in [0.3, 0.4) is 0 Å². The number of allylic oxidation sites excluding steroid dienone is 1. The predicted octanol–water partition coefficient (Wildman–Crippen LogP) is 5.09. The average molecular weight is 319 g/mol. The lowest BCUT2D eigenvalue weighted by molar-refractivity contribution is 0.184. The van der Waals surface area contributed by atoms with Crippen molar-refractivity contribution in [3.63, 3.8) is 0 Å². The van der Waals surface area contributed by atoms with Gasteiger partial charge in [-0.3, -0.25) is 0 Å². The Hall–Kier alpha value is -0.0931.